The van der Waals surface area contributed by atoms with Crippen LogP contribution in [0.4, 0.5) is 5.82 Å². The van der Waals surface area contributed by atoms with Crippen molar-refractivity contribution in [1.29, 1.82) is 0 Å². The summed E-state index contributed by atoms with van der Waals surface area (Å²) in [5, 5.41) is 6.66. The quantitative estimate of drug-likeness (QED) is 0.891. The number of hydrogen-bond donors (Lipinski definition) is 2. The van der Waals surface area contributed by atoms with Crippen molar-refractivity contribution in [3.63, 3.8) is 0 Å². The van der Waals surface area contributed by atoms with Crippen LogP contribution in [0.25, 0.3) is 0 Å². The number of hydrogen-bond acceptors (Lipinski definition) is 5. The summed E-state index contributed by atoms with van der Waals surface area (Å²) in [5.41, 5.74) is 1.26. The van der Waals surface area contributed by atoms with E-state index in [4.69, 9.17) is 0 Å². The second kappa shape index (κ2) is 7.29. The van der Waals surface area contributed by atoms with Crippen molar-refractivity contribution in [2.45, 2.75) is 38.6 Å². The highest BCUT2D eigenvalue weighted by Gasteiger charge is 2.11. The molecule has 21 heavy (non-hydrogen) atoms. The third-order valence-electron chi connectivity index (χ3n) is 4.10. The van der Waals surface area contributed by atoms with Crippen molar-refractivity contribution >= 4 is 11.8 Å². The van der Waals surface area contributed by atoms with E-state index in [1.54, 1.807) is 0 Å². The Morgan fingerprint density at radius 1 is 1.14 bits per heavy atom. The van der Waals surface area contributed by atoms with Crippen molar-refractivity contribution in [1.82, 2.24) is 15.6 Å². The summed E-state index contributed by atoms with van der Waals surface area (Å²) in [5.74, 6) is 2.05. The van der Waals surface area contributed by atoms with Crippen LogP contribution in [0.5, 0.6) is 0 Å². The van der Waals surface area contributed by atoms with Crippen molar-refractivity contribution < 1.29 is 0 Å². The molecular formula is C16H25N5. The summed E-state index contributed by atoms with van der Waals surface area (Å²) in [4.78, 5) is 11.4. The molecule has 5 heteroatoms. The molecule has 3 heterocycles. The average molecular weight is 287 g/mol. The lowest BCUT2D eigenvalue weighted by atomic mass is 10.2. The molecule has 1 fully saturated rings. The Morgan fingerprint density at radius 3 is 2.76 bits per heavy atom. The smallest absolute Gasteiger partial charge is 0.191 e. The second-order valence-corrected chi connectivity index (χ2v) is 5.79. The lowest BCUT2D eigenvalue weighted by molar-refractivity contribution is 0.701. The van der Waals surface area contributed by atoms with Crippen LogP contribution >= 0.6 is 0 Å². The fourth-order valence-electron chi connectivity index (χ4n) is 2.88. The minimum absolute atomic E-state index is 0.801. The van der Waals surface area contributed by atoms with Crippen LogP contribution in [-0.4, -0.2) is 37.1 Å². The van der Waals surface area contributed by atoms with Gasteiger partial charge in [0.2, 0.25) is 0 Å². The van der Waals surface area contributed by atoms with Gasteiger partial charge in [0, 0.05) is 38.9 Å². The summed E-state index contributed by atoms with van der Waals surface area (Å²) < 4.78 is 0. The highest BCUT2D eigenvalue weighted by molar-refractivity contribution is 5.80. The van der Waals surface area contributed by atoms with Crippen molar-refractivity contribution in [2.75, 3.05) is 31.1 Å². The molecule has 0 unspecified atom stereocenters. The summed E-state index contributed by atoms with van der Waals surface area (Å²) >= 11 is 0. The minimum Gasteiger partial charge on any atom is -0.357 e. The number of anilines is 1. The lowest BCUT2D eigenvalue weighted by Crippen LogP contribution is -2.40. The third-order valence-corrected chi connectivity index (χ3v) is 4.10. The first-order valence-corrected chi connectivity index (χ1v) is 8.14. The molecule has 0 spiro atoms. The molecule has 1 aromatic heterocycles. The van der Waals surface area contributed by atoms with Crippen molar-refractivity contribution in [2.24, 2.45) is 4.99 Å². The number of rotatable bonds is 3. The highest BCUT2D eigenvalue weighted by Crippen LogP contribution is 2.18. The van der Waals surface area contributed by atoms with Gasteiger partial charge >= 0.3 is 0 Å². The van der Waals surface area contributed by atoms with E-state index >= 15 is 0 Å². The molecule has 0 atom stereocenters. The Labute approximate surface area is 126 Å². The molecule has 1 aromatic rings. The number of pyridine rings is 1. The van der Waals surface area contributed by atoms with Crippen LogP contribution < -0.4 is 15.5 Å². The summed E-state index contributed by atoms with van der Waals surface area (Å²) in [6.07, 6.45) is 8.31. The minimum atomic E-state index is 0.801. The topological polar surface area (TPSA) is 52.6 Å². The van der Waals surface area contributed by atoms with E-state index in [0.29, 0.717) is 0 Å². The SMILES string of the molecule is c1cc(CNC2=NCCCN2)cc(N2CCCCCC2)n1. The molecule has 0 aliphatic carbocycles. The summed E-state index contributed by atoms with van der Waals surface area (Å²) in [7, 11) is 0. The molecule has 0 aromatic carbocycles. The van der Waals surface area contributed by atoms with E-state index in [2.05, 4.69) is 37.6 Å². The zero-order valence-electron chi connectivity index (χ0n) is 12.6. The maximum atomic E-state index is 4.55. The van der Waals surface area contributed by atoms with Crippen LogP contribution in [0.2, 0.25) is 0 Å². The van der Waals surface area contributed by atoms with Crippen LogP contribution in [0.3, 0.4) is 0 Å². The number of guanidine groups is 1. The molecule has 0 bridgehead atoms. The predicted molar refractivity (Wildman–Crippen MR) is 86.7 cm³/mol. The van der Waals surface area contributed by atoms with Gasteiger partial charge in [0.1, 0.15) is 5.82 Å². The van der Waals surface area contributed by atoms with Gasteiger partial charge in [-0.2, -0.15) is 0 Å². The lowest BCUT2D eigenvalue weighted by Gasteiger charge is -2.22. The fourth-order valence-corrected chi connectivity index (χ4v) is 2.88. The molecule has 2 aliphatic rings. The van der Waals surface area contributed by atoms with Gasteiger partial charge in [-0.25, -0.2) is 4.98 Å². The Bertz CT molecular complexity index is 477. The van der Waals surface area contributed by atoms with Gasteiger partial charge in [-0.05, 0) is 37.0 Å². The molecular weight excluding hydrogens is 262 g/mol. The van der Waals surface area contributed by atoms with Crippen LogP contribution in [-0.2, 0) is 6.54 Å². The number of aliphatic imine (C=N–C) groups is 1. The number of aromatic nitrogens is 1. The van der Waals surface area contributed by atoms with Crippen molar-refractivity contribution in [3.05, 3.63) is 23.9 Å². The average Bonchev–Trinajstić information content (AvgIpc) is 2.83. The van der Waals surface area contributed by atoms with E-state index in [-0.39, 0.29) is 0 Å². The Hall–Kier alpha value is -1.78. The number of nitrogens with zero attached hydrogens (tertiary/aromatic N) is 3. The predicted octanol–water partition coefficient (Wildman–Crippen LogP) is 1.90. The van der Waals surface area contributed by atoms with Gasteiger partial charge < -0.3 is 15.5 Å². The van der Waals surface area contributed by atoms with E-state index in [1.807, 2.05) is 6.20 Å². The van der Waals surface area contributed by atoms with Gasteiger partial charge in [0.25, 0.3) is 0 Å². The molecule has 0 amide bonds. The van der Waals surface area contributed by atoms with Gasteiger partial charge in [0.15, 0.2) is 5.96 Å². The maximum absolute atomic E-state index is 4.55. The molecule has 0 radical (unpaired) electrons. The molecule has 0 saturated carbocycles. The van der Waals surface area contributed by atoms with Crippen molar-refractivity contribution in [3.8, 4) is 0 Å². The Morgan fingerprint density at radius 2 is 2.00 bits per heavy atom. The van der Waals surface area contributed by atoms with E-state index in [1.165, 1.54) is 31.2 Å². The summed E-state index contributed by atoms with van der Waals surface area (Å²) in [6.45, 7) is 5.01. The normalized spacial score (nSPS) is 19.4. The summed E-state index contributed by atoms with van der Waals surface area (Å²) in [6, 6.07) is 4.29. The maximum Gasteiger partial charge on any atom is 0.191 e. The van der Waals surface area contributed by atoms with Gasteiger partial charge in [-0.15, -0.1) is 0 Å². The van der Waals surface area contributed by atoms with Crippen LogP contribution in [0.1, 0.15) is 37.7 Å². The van der Waals surface area contributed by atoms with Crippen LogP contribution in [0, 0.1) is 0 Å². The molecule has 5 nitrogen and oxygen atoms in total. The largest absolute Gasteiger partial charge is 0.357 e. The standard InChI is InChI=1S/C16H25N5/c1-2-4-11-21(10-3-1)15-12-14(6-9-17-15)13-20-16-18-7-5-8-19-16/h6,9,12H,1-5,7-8,10-11,13H2,(H2,18,19,20). The zero-order chi connectivity index (χ0) is 14.3. The van der Waals surface area contributed by atoms with Gasteiger partial charge in [-0.3, -0.25) is 4.99 Å². The molecule has 1 saturated heterocycles. The van der Waals surface area contributed by atoms with Crippen LogP contribution in [0.15, 0.2) is 23.3 Å². The first-order chi connectivity index (χ1) is 10.4. The second-order valence-electron chi connectivity index (χ2n) is 5.79. The number of nitrogens with one attached hydrogen (secondary N) is 2. The third kappa shape index (κ3) is 4.09. The van der Waals surface area contributed by atoms with Gasteiger partial charge in [0.05, 0.1) is 0 Å². The monoisotopic (exact) mass is 287 g/mol. The molecule has 2 N–H and O–H groups in total. The van der Waals surface area contributed by atoms with E-state index in [0.717, 1.165) is 50.9 Å². The first-order valence-electron chi connectivity index (χ1n) is 8.14. The molecule has 3 rings (SSSR count). The Balaban J connectivity index is 1.60. The Kier molecular flexibility index (Phi) is 4.92. The fraction of sp³-hybridized carbons (Fsp3) is 0.625. The van der Waals surface area contributed by atoms with Gasteiger partial charge in [-0.1, -0.05) is 12.8 Å². The molecule has 114 valence electrons. The highest BCUT2D eigenvalue weighted by atomic mass is 15.2. The van der Waals surface area contributed by atoms with E-state index < -0.39 is 0 Å². The zero-order valence-corrected chi connectivity index (χ0v) is 12.6. The first kappa shape index (κ1) is 14.2. The molecule has 2 aliphatic heterocycles. The van der Waals surface area contributed by atoms with E-state index in [9.17, 15) is 0 Å².